The maximum absolute atomic E-state index is 13.5. The first kappa shape index (κ1) is 18.7. The molecule has 7 nitrogen and oxygen atoms in total. The van der Waals surface area contributed by atoms with Crippen molar-refractivity contribution in [1.82, 2.24) is 4.90 Å². The molecule has 0 aromatic heterocycles. The number of ether oxygens (including phenoxy) is 2. The Morgan fingerprint density at radius 1 is 1.06 bits per heavy atom. The average molecular weight is 420 g/mol. The molecular weight excluding hydrogens is 396 g/mol. The first-order chi connectivity index (χ1) is 15.2. The topological polar surface area (TPSA) is 79.3 Å². The number of para-hydroxylation sites is 1. The van der Waals surface area contributed by atoms with Gasteiger partial charge in [0.15, 0.2) is 11.5 Å². The molecule has 3 heterocycles. The highest BCUT2D eigenvalue weighted by Crippen LogP contribution is 2.49. The minimum atomic E-state index is -0.222. The first-order valence-electron chi connectivity index (χ1n) is 10.9. The highest BCUT2D eigenvalue weighted by atomic mass is 16.7. The molecule has 1 N–H and O–H groups in total. The Balaban J connectivity index is 1.34. The standard InChI is InChI=1S/C24H24N2O5/c27-12-19-23-16-3-1-2-4-17(16)25(11-18(23)26(19)22(28)9-14-5-6-14)24(29)15-7-8-20-21(10-15)31-13-30-20/h1-4,7-8,10,14,18-19,23,27H,5-6,9,11-13H2/t18-,19-,23+/m0/s1. The zero-order valence-corrected chi connectivity index (χ0v) is 17.1. The Bertz CT molecular complexity index is 1070. The third kappa shape index (κ3) is 2.91. The highest BCUT2D eigenvalue weighted by Gasteiger charge is 2.55. The number of carbonyl (C=O) groups is 2. The molecule has 3 atom stereocenters. The molecule has 1 saturated heterocycles. The van der Waals surface area contributed by atoms with Crippen LogP contribution >= 0.6 is 0 Å². The summed E-state index contributed by atoms with van der Waals surface area (Å²) < 4.78 is 10.8. The van der Waals surface area contributed by atoms with Crippen LogP contribution < -0.4 is 14.4 Å². The quantitative estimate of drug-likeness (QED) is 0.822. The predicted molar refractivity (Wildman–Crippen MR) is 112 cm³/mol. The van der Waals surface area contributed by atoms with Crippen molar-refractivity contribution in [2.45, 2.75) is 37.3 Å². The number of anilines is 1. The maximum atomic E-state index is 13.5. The van der Waals surface area contributed by atoms with Crippen molar-refractivity contribution in [2.24, 2.45) is 5.92 Å². The summed E-state index contributed by atoms with van der Waals surface area (Å²) in [5.41, 5.74) is 2.38. The van der Waals surface area contributed by atoms with E-state index >= 15 is 0 Å². The number of fused-ring (bicyclic) bond motifs is 4. The number of hydrogen-bond donors (Lipinski definition) is 1. The molecule has 3 aliphatic heterocycles. The van der Waals surface area contributed by atoms with Gasteiger partial charge in [-0.3, -0.25) is 9.59 Å². The summed E-state index contributed by atoms with van der Waals surface area (Å²) in [5.74, 6) is 1.69. The molecule has 31 heavy (non-hydrogen) atoms. The molecule has 2 fully saturated rings. The van der Waals surface area contributed by atoms with Gasteiger partial charge in [0.25, 0.3) is 5.91 Å². The van der Waals surface area contributed by atoms with Crippen LogP contribution in [-0.2, 0) is 4.79 Å². The smallest absolute Gasteiger partial charge is 0.258 e. The number of amides is 2. The first-order valence-corrected chi connectivity index (χ1v) is 10.9. The van der Waals surface area contributed by atoms with Crippen molar-refractivity contribution >= 4 is 17.5 Å². The molecule has 6 rings (SSSR count). The number of aliphatic hydroxyl groups excluding tert-OH is 1. The number of benzene rings is 2. The normalized spacial score (nSPS) is 25.5. The van der Waals surface area contributed by atoms with Crippen molar-refractivity contribution in [3.8, 4) is 11.5 Å². The van der Waals surface area contributed by atoms with E-state index in [4.69, 9.17) is 9.47 Å². The summed E-state index contributed by atoms with van der Waals surface area (Å²) in [6.45, 7) is 0.508. The lowest BCUT2D eigenvalue weighted by molar-refractivity contribution is -0.150. The third-order valence-electron chi connectivity index (χ3n) is 7.00. The van der Waals surface area contributed by atoms with E-state index in [9.17, 15) is 14.7 Å². The number of carbonyl (C=O) groups excluding carboxylic acids is 2. The average Bonchev–Trinajstić information content (AvgIpc) is 3.45. The molecule has 2 aromatic rings. The van der Waals surface area contributed by atoms with E-state index in [1.165, 1.54) is 0 Å². The maximum Gasteiger partial charge on any atom is 0.258 e. The van der Waals surface area contributed by atoms with Gasteiger partial charge in [-0.15, -0.1) is 0 Å². The molecule has 2 amide bonds. The monoisotopic (exact) mass is 420 g/mol. The minimum absolute atomic E-state index is 0.0464. The molecule has 1 aliphatic carbocycles. The summed E-state index contributed by atoms with van der Waals surface area (Å²) in [5, 5.41) is 10.1. The van der Waals surface area contributed by atoms with E-state index in [0.717, 1.165) is 24.1 Å². The Morgan fingerprint density at radius 2 is 1.87 bits per heavy atom. The molecule has 0 radical (unpaired) electrons. The minimum Gasteiger partial charge on any atom is -0.454 e. The fraction of sp³-hybridized carbons (Fsp3) is 0.417. The predicted octanol–water partition coefficient (Wildman–Crippen LogP) is 2.53. The van der Waals surface area contributed by atoms with E-state index in [2.05, 4.69) is 0 Å². The lowest BCUT2D eigenvalue weighted by atomic mass is 9.71. The van der Waals surface area contributed by atoms with Gasteiger partial charge >= 0.3 is 0 Å². The molecule has 4 aliphatic rings. The summed E-state index contributed by atoms with van der Waals surface area (Å²) in [7, 11) is 0. The zero-order chi connectivity index (χ0) is 21.1. The summed E-state index contributed by atoms with van der Waals surface area (Å²) in [6.07, 6.45) is 2.75. The molecule has 1 saturated carbocycles. The van der Waals surface area contributed by atoms with E-state index in [1.807, 2.05) is 29.2 Å². The molecule has 7 heteroatoms. The largest absolute Gasteiger partial charge is 0.454 e. The van der Waals surface area contributed by atoms with Gasteiger partial charge in [-0.25, -0.2) is 0 Å². The van der Waals surface area contributed by atoms with Gasteiger partial charge in [-0.1, -0.05) is 18.2 Å². The molecule has 160 valence electrons. The van der Waals surface area contributed by atoms with Crippen molar-refractivity contribution < 1.29 is 24.2 Å². The molecule has 0 unspecified atom stereocenters. The fourth-order valence-corrected chi connectivity index (χ4v) is 5.29. The molecule has 0 spiro atoms. The van der Waals surface area contributed by atoms with E-state index in [0.29, 0.717) is 35.9 Å². The van der Waals surface area contributed by atoms with E-state index < -0.39 is 0 Å². The summed E-state index contributed by atoms with van der Waals surface area (Å²) in [6, 6.07) is 12.7. The second-order valence-electron chi connectivity index (χ2n) is 8.83. The summed E-state index contributed by atoms with van der Waals surface area (Å²) in [4.78, 5) is 30.1. The van der Waals surface area contributed by atoms with E-state index in [1.54, 1.807) is 23.1 Å². The fourth-order valence-electron chi connectivity index (χ4n) is 5.29. The second-order valence-corrected chi connectivity index (χ2v) is 8.83. The highest BCUT2D eigenvalue weighted by molar-refractivity contribution is 6.07. The molecular formula is C24H24N2O5. The van der Waals surface area contributed by atoms with Crippen LogP contribution in [0.5, 0.6) is 11.5 Å². The summed E-state index contributed by atoms with van der Waals surface area (Å²) >= 11 is 0. The van der Waals surface area contributed by atoms with Gasteiger partial charge in [0.1, 0.15) is 0 Å². The zero-order valence-electron chi connectivity index (χ0n) is 17.1. The Hall–Kier alpha value is -3.06. The van der Waals surface area contributed by atoms with E-state index in [-0.39, 0.29) is 43.2 Å². The third-order valence-corrected chi connectivity index (χ3v) is 7.00. The van der Waals surface area contributed by atoms with Crippen molar-refractivity contribution in [3.63, 3.8) is 0 Å². The second kappa shape index (κ2) is 6.99. The van der Waals surface area contributed by atoms with Crippen LogP contribution in [0.15, 0.2) is 42.5 Å². The van der Waals surface area contributed by atoms with Crippen LogP contribution in [-0.4, -0.2) is 53.8 Å². The lowest BCUT2D eigenvalue weighted by Crippen LogP contribution is -2.70. The Labute approximate surface area is 180 Å². The van der Waals surface area contributed by atoms with Gasteiger partial charge in [-0.05, 0) is 48.6 Å². The van der Waals surface area contributed by atoms with Crippen molar-refractivity contribution in [3.05, 3.63) is 53.6 Å². The number of hydrogen-bond acceptors (Lipinski definition) is 5. The van der Waals surface area contributed by atoms with Crippen LogP contribution in [0.4, 0.5) is 5.69 Å². The van der Waals surface area contributed by atoms with Crippen LogP contribution in [0.3, 0.4) is 0 Å². The van der Waals surface area contributed by atoms with Crippen molar-refractivity contribution in [1.29, 1.82) is 0 Å². The Kier molecular flexibility index (Phi) is 4.21. The number of nitrogens with zero attached hydrogens (tertiary/aromatic N) is 2. The van der Waals surface area contributed by atoms with Gasteiger partial charge in [-0.2, -0.15) is 0 Å². The van der Waals surface area contributed by atoms with Gasteiger partial charge in [0.05, 0.1) is 18.7 Å². The SMILES string of the molecule is O=C(c1ccc2c(c1)OCO2)N1C[C@H]2[C@@H](c3ccccc31)[C@H](CO)N2C(=O)CC1CC1. The molecule has 2 aromatic carbocycles. The van der Waals surface area contributed by atoms with Gasteiger partial charge in [0, 0.05) is 30.1 Å². The number of rotatable bonds is 4. The van der Waals surface area contributed by atoms with Crippen LogP contribution in [0.1, 0.15) is 41.1 Å². The van der Waals surface area contributed by atoms with Gasteiger partial charge in [0.2, 0.25) is 12.7 Å². The van der Waals surface area contributed by atoms with Crippen molar-refractivity contribution in [2.75, 3.05) is 24.8 Å². The van der Waals surface area contributed by atoms with Crippen LogP contribution in [0, 0.1) is 5.92 Å². The Morgan fingerprint density at radius 3 is 2.68 bits per heavy atom. The number of likely N-dealkylation sites (tertiary alicyclic amines) is 1. The van der Waals surface area contributed by atoms with Crippen LogP contribution in [0.2, 0.25) is 0 Å². The lowest BCUT2D eigenvalue weighted by Gasteiger charge is -2.59. The molecule has 0 bridgehead atoms. The number of aliphatic hydroxyl groups is 1. The van der Waals surface area contributed by atoms with Gasteiger partial charge < -0.3 is 24.4 Å². The van der Waals surface area contributed by atoms with Crippen LogP contribution in [0.25, 0.3) is 0 Å².